The molecule has 4 aromatic carbocycles. The van der Waals surface area contributed by atoms with Crippen LogP contribution in [-0.2, 0) is 6.61 Å². The Labute approximate surface area is 200 Å². The number of anilines is 1. The topological polar surface area (TPSA) is 62.7 Å². The van der Waals surface area contributed by atoms with Crippen molar-refractivity contribution < 1.29 is 9.53 Å². The third-order valence-electron chi connectivity index (χ3n) is 4.99. The van der Waals surface area contributed by atoms with E-state index in [9.17, 15) is 4.79 Å². The molecular weight excluding hydrogens is 513 g/mol. The van der Waals surface area contributed by atoms with Gasteiger partial charge in [0, 0.05) is 5.69 Å². The molecule has 0 spiro atoms. The Bertz CT molecular complexity index is 1280. The molecule has 0 saturated heterocycles. The van der Waals surface area contributed by atoms with Crippen LogP contribution in [0.3, 0.4) is 0 Å². The third-order valence-corrected chi connectivity index (χ3v) is 5.84. The van der Waals surface area contributed by atoms with Crippen LogP contribution in [0.15, 0.2) is 90.0 Å². The maximum atomic E-state index is 12.0. The number of nitrogens with zero attached hydrogens (tertiary/aromatic N) is 1. The van der Waals surface area contributed by atoms with Crippen LogP contribution in [0.25, 0.3) is 10.8 Å². The molecule has 0 fully saturated rings. The van der Waals surface area contributed by atoms with Crippen molar-refractivity contribution in [3.05, 3.63) is 105 Å². The van der Waals surface area contributed by atoms with Gasteiger partial charge in [-0.1, -0.05) is 60.7 Å². The molecule has 4 rings (SSSR count). The van der Waals surface area contributed by atoms with Gasteiger partial charge >= 0.3 is 6.03 Å². The lowest BCUT2D eigenvalue weighted by molar-refractivity contribution is 0.252. The van der Waals surface area contributed by atoms with Gasteiger partial charge in [0.2, 0.25) is 0 Å². The number of hydrogen-bond acceptors (Lipinski definition) is 3. The molecule has 0 aliphatic rings. The highest BCUT2D eigenvalue weighted by Gasteiger charge is 2.06. The number of rotatable bonds is 6. The van der Waals surface area contributed by atoms with Gasteiger partial charge in [-0.25, -0.2) is 10.2 Å². The van der Waals surface area contributed by atoms with Crippen molar-refractivity contribution in [1.82, 2.24) is 5.43 Å². The maximum absolute atomic E-state index is 12.0. The fourth-order valence-corrected chi connectivity index (χ4v) is 4.01. The molecule has 4 aromatic rings. The van der Waals surface area contributed by atoms with E-state index in [1.54, 1.807) is 6.21 Å². The first-order valence-corrected chi connectivity index (χ1v) is 11.2. The van der Waals surface area contributed by atoms with Gasteiger partial charge < -0.3 is 10.1 Å². The zero-order valence-corrected chi connectivity index (χ0v) is 19.7. The summed E-state index contributed by atoms with van der Waals surface area (Å²) in [7, 11) is 0. The number of halogens is 1. The zero-order valence-electron chi connectivity index (χ0n) is 17.5. The number of benzene rings is 4. The molecule has 32 heavy (non-hydrogen) atoms. The van der Waals surface area contributed by atoms with Crippen molar-refractivity contribution in [3.63, 3.8) is 0 Å². The molecule has 2 N–H and O–H groups in total. The molecule has 0 aromatic heterocycles. The normalized spacial score (nSPS) is 10.9. The second-order valence-corrected chi connectivity index (χ2v) is 8.42. The first-order chi connectivity index (χ1) is 15.6. The monoisotopic (exact) mass is 535 g/mol. The van der Waals surface area contributed by atoms with Crippen LogP contribution in [0.1, 0.15) is 16.7 Å². The predicted octanol–water partition coefficient (Wildman–Crippen LogP) is 6.49. The Hall–Kier alpha value is -3.39. The number of carbonyl (C=O) groups excluding carboxylic acids is 1. The lowest BCUT2D eigenvalue weighted by atomic mass is 10.1. The minimum atomic E-state index is -0.389. The van der Waals surface area contributed by atoms with E-state index in [1.165, 1.54) is 10.8 Å². The van der Waals surface area contributed by atoms with E-state index in [-0.39, 0.29) is 6.03 Å². The number of carbonyl (C=O) groups is 1. The summed E-state index contributed by atoms with van der Waals surface area (Å²) in [5.74, 6) is 0.806. The number of nitrogens with one attached hydrogen (secondary N) is 2. The Kier molecular flexibility index (Phi) is 7.01. The molecular formula is C26H22IN3O2. The fourth-order valence-electron chi connectivity index (χ4n) is 3.32. The molecule has 0 heterocycles. The summed E-state index contributed by atoms with van der Waals surface area (Å²) in [6.45, 7) is 2.43. The van der Waals surface area contributed by atoms with Gasteiger partial charge in [-0.05, 0) is 81.2 Å². The smallest absolute Gasteiger partial charge is 0.339 e. The quantitative estimate of drug-likeness (QED) is 0.169. The van der Waals surface area contributed by atoms with Gasteiger partial charge in [0.1, 0.15) is 12.4 Å². The largest absolute Gasteiger partial charge is 0.488 e. The lowest BCUT2D eigenvalue weighted by Crippen LogP contribution is -2.24. The highest BCUT2D eigenvalue weighted by Crippen LogP contribution is 2.25. The molecule has 0 radical (unpaired) electrons. The number of hydrogen-bond donors (Lipinski definition) is 2. The lowest BCUT2D eigenvalue weighted by Gasteiger charge is -2.11. The SMILES string of the molecule is Cc1ccccc1NC(=O)NN=Cc1ccc(OCc2cccc3ccccc23)c(I)c1. The molecule has 160 valence electrons. The van der Waals surface area contributed by atoms with E-state index in [0.717, 1.165) is 31.7 Å². The number of hydrazone groups is 1. The molecule has 2 amide bonds. The molecule has 0 bridgehead atoms. The van der Waals surface area contributed by atoms with Crippen LogP contribution in [0.4, 0.5) is 10.5 Å². The van der Waals surface area contributed by atoms with E-state index in [4.69, 9.17) is 4.74 Å². The predicted molar refractivity (Wildman–Crippen MR) is 138 cm³/mol. The zero-order chi connectivity index (χ0) is 22.3. The van der Waals surface area contributed by atoms with Crippen molar-refractivity contribution in [3.8, 4) is 5.75 Å². The van der Waals surface area contributed by atoms with Crippen molar-refractivity contribution in [2.45, 2.75) is 13.5 Å². The minimum absolute atomic E-state index is 0.389. The number of urea groups is 1. The van der Waals surface area contributed by atoms with Gasteiger partial charge in [-0.15, -0.1) is 0 Å². The van der Waals surface area contributed by atoms with E-state index in [2.05, 4.69) is 62.7 Å². The number of para-hydroxylation sites is 1. The van der Waals surface area contributed by atoms with Gasteiger partial charge in [0.05, 0.1) is 9.78 Å². The van der Waals surface area contributed by atoms with Crippen LogP contribution >= 0.6 is 22.6 Å². The Morgan fingerprint density at radius 1 is 1.00 bits per heavy atom. The highest BCUT2D eigenvalue weighted by atomic mass is 127. The number of fused-ring (bicyclic) bond motifs is 1. The average molecular weight is 535 g/mol. The second kappa shape index (κ2) is 10.3. The summed E-state index contributed by atoms with van der Waals surface area (Å²) in [5, 5.41) is 9.21. The summed E-state index contributed by atoms with van der Waals surface area (Å²) in [4.78, 5) is 12.0. The first-order valence-electron chi connectivity index (χ1n) is 10.1. The Morgan fingerprint density at radius 2 is 1.78 bits per heavy atom. The number of ether oxygens (including phenoxy) is 1. The maximum Gasteiger partial charge on any atom is 0.339 e. The molecule has 0 unspecified atom stereocenters. The standard InChI is InChI=1S/C26H22IN3O2/c1-18-7-2-5-12-24(18)29-26(31)30-28-16-19-13-14-25(23(27)15-19)32-17-21-10-6-9-20-8-3-4-11-22(20)21/h2-16H,17H2,1H3,(H2,29,30,31). The van der Waals surface area contributed by atoms with E-state index in [0.29, 0.717) is 6.61 Å². The van der Waals surface area contributed by atoms with Gasteiger partial charge in [-0.3, -0.25) is 0 Å². The van der Waals surface area contributed by atoms with Crippen molar-refractivity contribution >= 4 is 51.3 Å². The Balaban J connectivity index is 1.35. The van der Waals surface area contributed by atoms with Crippen LogP contribution in [-0.4, -0.2) is 12.2 Å². The van der Waals surface area contributed by atoms with Gasteiger partial charge in [0.15, 0.2) is 0 Å². The van der Waals surface area contributed by atoms with Crippen LogP contribution in [0.2, 0.25) is 0 Å². The first kappa shape index (κ1) is 21.8. The molecule has 6 heteroatoms. The minimum Gasteiger partial charge on any atom is -0.488 e. The summed E-state index contributed by atoms with van der Waals surface area (Å²) < 4.78 is 7.04. The van der Waals surface area contributed by atoms with Crippen LogP contribution in [0, 0.1) is 10.5 Å². The Morgan fingerprint density at radius 3 is 2.62 bits per heavy atom. The van der Waals surface area contributed by atoms with Crippen LogP contribution in [0.5, 0.6) is 5.75 Å². The van der Waals surface area contributed by atoms with Crippen molar-refractivity contribution in [1.29, 1.82) is 0 Å². The van der Waals surface area contributed by atoms with Gasteiger partial charge in [-0.2, -0.15) is 5.10 Å². The van der Waals surface area contributed by atoms with Crippen molar-refractivity contribution in [2.24, 2.45) is 5.10 Å². The molecule has 0 aliphatic heterocycles. The fraction of sp³-hybridized carbons (Fsp3) is 0.0769. The summed E-state index contributed by atoms with van der Waals surface area (Å²) in [6.07, 6.45) is 1.61. The van der Waals surface area contributed by atoms with E-state index >= 15 is 0 Å². The number of aryl methyl sites for hydroxylation is 1. The average Bonchev–Trinajstić information content (AvgIpc) is 2.80. The van der Waals surface area contributed by atoms with E-state index < -0.39 is 0 Å². The van der Waals surface area contributed by atoms with E-state index in [1.807, 2.05) is 67.6 Å². The summed E-state index contributed by atoms with van der Waals surface area (Å²) in [6, 6.07) is 27.5. The van der Waals surface area contributed by atoms with Gasteiger partial charge in [0.25, 0.3) is 0 Å². The van der Waals surface area contributed by atoms with Crippen molar-refractivity contribution in [2.75, 3.05) is 5.32 Å². The number of amides is 2. The second-order valence-electron chi connectivity index (χ2n) is 7.26. The molecule has 0 atom stereocenters. The summed E-state index contributed by atoms with van der Waals surface area (Å²) >= 11 is 2.24. The third kappa shape index (κ3) is 5.45. The van der Waals surface area contributed by atoms with Crippen LogP contribution < -0.4 is 15.5 Å². The summed E-state index contributed by atoms with van der Waals surface area (Å²) in [5.41, 5.74) is 6.24. The highest BCUT2D eigenvalue weighted by molar-refractivity contribution is 14.1. The molecule has 0 aliphatic carbocycles. The molecule has 0 saturated carbocycles. The molecule has 5 nitrogen and oxygen atoms in total.